The third-order valence-electron chi connectivity index (χ3n) is 2.64. The highest BCUT2D eigenvalue weighted by molar-refractivity contribution is 5.24. The lowest BCUT2D eigenvalue weighted by Crippen LogP contribution is -2.42. The molecule has 0 spiro atoms. The highest BCUT2D eigenvalue weighted by atomic mass is 16.3. The van der Waals surface area contributed by atoms with Crippen LogP contribution < -0.4 is 5.32 Å². The van der Waals surface area contributed by atoms with E-state index in [0.29, 0.717) is 0 Å². The standard InChI is InChI=1S/C11H14N2O/c1-11(14,10-5-3-7-13-10)9-4-2-6-12-8-9/h2-6,8,10,13-14H,7H2,1H3. The average molecular weight is 190 g/mol. The lowest BCUT2D eigenvalue weighted by molar-refractivity contribution is 0.0348. The van der Waals surface area contributed by atoms with Gasteiger partial charge in [0.1, 0.15) is 5.60 Å². The zero-order valence-electron chi connectivity index (χ0n) is 8.14. The van der Waals surface area contributed by atoms with Gasteiger partial charge in [0.05, 0.1) is 6.04 Å². The summed E-state index contributed by atoms with van der Waals surface area (Å²) in [5, 5.41) is 13.5. The van der Waals surface area contributed by atoms with Crippen molar-refractivity contribution in [3.05, 3.63) is 42.2 Å². The van der Waals surface area contributed by atoms with E-state index in [-0.39, 0.29) is 6.04 Å². The molecule has 2 heterocycles. The normalized spacial score (nSPS) is 24.9. The van der Waals surface area contributed by atoms with Crippen LogP contribution in [0.2, 0.25) is 0 Å². The van der Waals surface area contributed by atoms with Gasteiger partial charge in [0.25, 0.3) is 0 Å². The lowest BCUT2D eigenvalue weighted by atomic mass is 9.90. The highest BCUT2D eigenvalue weighted by Gasteiger charge is 2.33. The van der Waals surface area contributed by atoms with Gasteiger partial charge in [0.15, 0.2) is 0 Å². The molecule has 3 heteroatoms. The Morgan fingerprint density at radius 3 is 3.07 bits per heavy atom. The third kappa shape index (κ3) is 1.56. The summed E-state index contributed by atoms with van der Waals surface area (Å²) in [6, 6.07) is 3.70. The van der Waals surface area contributed by atoms with Gasteiger partial charge in [0.2, 0.25) is 0 Å². The Morgan fingerprint density at radius 2 is 2.50 bits per heavy atom. The van der Waals surface area contributed by atoms with Crippen LogP contribution in [0, 0.1) is 0 Å². The second kappa shape index (κ2) is 3.52. The van der Waals surface area contributed by atoms with Crippen molar-refractivity contribution in [1.82, 2.24) is 10.3 Å². The van der Waals surface area contributed by atoms with Gasteiger partial charge in [-0.3, -0.25) is 4.98 Å². The number of pyridine rings is 1. The second-order valence-electron chi connectivity index (χ2n) is 3.70. The van der Waals surface area contributed by atoms with Crippen molar-refractivity contribution in [2.24, 2.45) is 0 Å². The van der Waals surface area contributed by atoms with Crippen molar-refractivity contribution in [1.29, 1.82) is 0 Å². The number of hydrogen-bond acceptors (Lipinski definition) is 3. The molecular weight excluding hydrogens is 176 g/mol. The minimum absolute atomic E-state index is 0.0216. The molecule has 3 nitrogen and oxygen atoms in total. The fraction of sp³-hybridized carbons (Fsp3) is 0.364. The summed E-state index contributed by atoms with van der Waals surface area (Å²) in [5.74, 6) is 0. The van der Waals surface area contributed by atoms with Crippen molar-refractivity contribution >= 4 is 0 Å². The molecule has 0 saturated heterocycles. The van der Waals surface area contributed by atoms with Gasteiger partial charge >= 0.3 is 0 Å². The van der Waals surface area contributed by atoms with Gasteiger partial charge in [-0.25, -0.2) is 0 Å². The smallest absolute Gasteiger partial charge is 0.107 e. The minimum Gasteiger partial charge on any atom is -0.383 e. The van der Waals surface area contributed by atoms with Crippen LogP contribution in [-0.4, -0.2) is 22.7 Å². The van der Waals surface area contributed by atoms with Crippen LogP contribution in [0.5, 0.6) is 0 Å². The molecule has 0 aromatic carbocycles. The average Bonchev–Trinajstić information content (AvgIpc) is 2.72. The van der Waals surface area contributed by atoms with Crippen LogP contribution in [0.4, 0.5) is 0 Å². The summed E-state index contributed by atoms with van der Waals surface area (Å²) in [4.78, 5) is 4.01. The van der Waals surface area contributed by atoms with E-state index in [1.54, 1.807) is 19.3 Å². The Bertz CT molecular complexity index is 332. The maximum atomic E-state index is 10.3. The molecule has 0 radical (unpaired) electrons. The van der Waals surface area contributed by atoms with Gasteiger partial charge in [-0.2, -0.15) is 0 Å². The van der Waals surface area contributed by atoms with E-state index in [1.807, 2.05) is 24.3 Å². The first-order valence-corrected chi connectivity index (χ1v) is 4.74. The SMILES string of the molecule is CC(O)(c1cccnc1)C1C=CCN1. The topological polar surface area (TPSA) is 45.2 Å². The van der Waals surface area contributed by atoms with Crippen molar-refractivity contribution in [2.45, 2.75) is 18.6 Å². The molecule has 0 saturated carbocycles. The summed E-state index contributed by atoms with van der Waals surface area (Å²) in [7, 11) is 0. The van der Waals surface area contributed by atoms with Crippen molar-refractivity contribution in [2.75, 3.05) is 6.54 Å². The summed E-state index contributed by atoms with van der Waals surface area (Å²) in [6.07, 6.45) is 7.42. The Balaban J connectivity index is 2.27. The van der Waals surface area contributed by atoms with Crippen LogP contribution in [0.3, 0.4) is 0 Å². The first kappa shape index (κ1) is 9.37. The van der Waals surface area contributed by atoms with Gasteiger partial charge in [0, 0.05) is 24.5 Å². The van der Waals surface area contributed by atoms with Crippen LogP contribution in [0.15, 0.2) is 36.7 Å². The maximum Gasteiger partial charge on any atom is 0.107 e. The van der Waals surface area contributed by atoms with Gasteiger partial charge in [-0.1, -0.05) is 18.2 Å². The molecule has 0 bridgehead atoms. The van der Waals surface area contributed by atoms with Crippen molar-refractivity contribution in [3.63, 3.8) is 0 Å². The number of aromatic nitrogens is 1. The quantitative estimate of drug-likeness (QED) is 0.678. The van der Waals surface area contributed by atoms with E-state index >= 15 is 0 Å². The predicted octanol–water partition coefficient (Wildman–Crippen LogP) is 0.817. The minimum atomic E-state index is -0.888. The number of aliphatic hydroxyl groups is 1. The van der Waals surface area contributed by atoms with Gasteiger partial charge in [-0.05, 0) is 13.0 Å². The Kier molecular flexibility index (Phi) is 2.35. The monoisotopic (exact) mass is 190 g/mol. The number of hydrogen-bond donors (Lipinski definition) is 2. The predicted molar refractivity (Wildman–Crippen MR) is 54.7 cm³/mol. The molecule has 2 unspecified atom stereocenters. The molecule has 74 valence electrons. The first-order valence-electron chi connectivity index (χ1n) is 4.74. The van der Waals surface area contributed by atoms with E-state index in [9.17, 15) is 5.11 Å². The molecule has 14 heavy (non-hydrogen) atoms. The maximum absolute atomic E-state index is 10.3. The number of nitrogens with one attached hydrogen (secondary N) is 1. The Morgan fingerprint density at radius 1 is 1.64 bits per heavy atom. The molecule has 0 aliphatic carbocycles. The molecular formula is C11H14N2O. The molecule has 1 aromatic rings. The number of nitrogens with zero attached hydrogens (tertiary/aromatic N) is 1. The van der Waals surface area contributed by atoms with Gasteiger partial charge in [-0.15, -0.1) is 0 Å². The van der Waals surface area contributed by atoms with Gasteiger partial charge < -0.3 is 10.4 Å². The third-order valence-corrected chi connectivity index (χ3v) is 2.64. The summed E-state index contributed by atoms with van der Waals surface area (Å²) < 4.78 is 0. The second-order valence-corrected chi connectivity index (χ2v) is 3.70. The van der Waals surface area contributed by atoms with Crippen molar-refractivity contribution in [3.8, 4) is 0 Å². The molecule has 0 fully saturated rings. The fourth-order valence-corrected chi connectivity index (χ4v) is 1.69. The molecule has 1 aromatic heterocycles. The summed E-state index contributed by atoms with van der Waals surface area (Å²) >= 11 is 0. The Labute approximate surface area is 83.5 Å². The van der Waals surface area contributed by atoms with Crippen LogP contribution in [0.25, 0.3) is 0 Å². The van der Waals surface area contributed by atoms with Crippen LogP contribution in [0.1, 0.15) is 12.5 Å². The molecule has 1 aliphatic heterocycles. The Hall–Kier alpha value is -1.19. The first-order chi connectivity index (χ1) is 6.71. The molecule has 1 aliphatic rings. The number of rotatable bonds is 2. The lowest BCUT2D eigenvalue weighted by Gasteiger charge is -2.29. The van der Waals surface area contributed by atoms with Crippen molar-refractivity contribution < 1.29 is 5.11 Å². The highest BCUT2D eigenvalue weighted by Crippen LogP contribution is 2.25. The van der Waals surface area contributed by atoms with E-state index in [4.69, 9.17) is 0 Å². The van der Waals surface area contributed by atoms with E-state index in [2.05, 4.69) is 10.3 Å². The zero-order valence-corrected chi connectivity index (χ0v) is 8.14. The van der Waals surface area contributed by atoms with Crippen LogP contribution >= 0.6 is 0 Å². The largest absolute Gasteiger partial charge is 0.383 e. The molecule has 2 atom stereocenters. The zero-order chi connectivity index (χ0) is 10.0. The molecule has 2 rings (SSSR count). The fourth-order valence-electron chi connectivity index (χ4n) is 1.69. The van der Waals surface area contributed by atoms with E-state index in [1.165, 1.54) is 0 Å². The van der Waals surface area contributed by atoms with E-state index < -0.39 is 5.60 Å². The van der Waals surface area contributed by atoms with E-state index in [0.717, 1.165) is 12.1 Å². The molecule has 2 N–H and O–H groups in total. The summed E-state index contributed by atoms with van der Waals surface area (Å²) in [6.45, 7) is 2.62. The summed E-state index contributed by atoms with van der Waals surface area (Å²) in [5.41, 5.74) is -0.0506. The van der Waals surface area contributed by atoms with Crippen LogP contribution in [-0.2, 0) is 5.60 Å². The molecule has 0 amide bonds.